The standard InChI is InChI=1S/C15H15NO4S/c1-3-9-7-12(21-8(9)2)14(18)16-11-6-4-5-10(13(11)17)15(19)20/h4-7,17H,3H2,1-2H3,(H,16,18)(H,19,20). The number of carbonyl (C=O) groups excluding carboxylic acids is 1. The number of nitrogens with one attached hydrogen (secondary N) is 1. The molecule has 1 amide bonds. The van der Waals surface area contributed by atoms with Crippen molar-refractivity contribution in [2.45, 2.75) is 20.3 Å². The summed E-state index contributed by atoms with van der Waals surface area (Å²) in [5, 5.41) is 21.4. The van der Waals surface area contributed by atoms with Crippen LogP contribution in [-0.4, -0.2) is 22.1 Å². The van der Waals surface area contributed by atoms with E-state index < -0.39 is 11.7 Å². The van der Waals surface area contributed by atoms with Crippen LogP contribution in [0, 0.1) is 6.92 Å². The van der Waals surface area contributed by atoms with Crippen LogP contribution in [0.15, 0.2) is 24.3 Å². The molecule has 0 saturated carbocycles. The van der Waals surface area contributed by atoms with Gasteiger partial charge in [-0.3, -0.25) is 4.79 Å². The molecule has 1 aromatic carbocycles. The third-order valence-corrected chi connectivity index (χ3v) is 4.23. The van der Waals surface area contributed by atoms with Gasteiger partial charge >= 0.3 is 5.97 Å². The summed E-state index contributed by atoms with van der Waals surface area (Å²) in [5.74, 6) is -2.05. The number of carboxylic acid groups (broad SMARTS) is 1. The predicted molar refractivity (Wildman–Crippen MR) is 81.5 cm³/mol. The van der Waals surface area contributed by atoms with Gasteiger partial charge in [-0.15, -0.1) is 11.3 Å². The van der Waals surface area contributed by atoms with Crippen molar-refractivity contribution in [3.63, 3.8) is 0 Å². The molecule has 6 heteroatoms. The van der Waals surface area contributed by atoms with E-state index in [-0.39, 0.29) is 17.2 Å². The molecule has 0 atom stereocenters. The highest BCUT2D eigenvalue weighted by Crippen LogP contribution is 2.29. The minimum absolute atomic E-state index is 0.0870. The smallest absolute Gasteiger partial charge is 0.339 e. The maximum absolute atomic E-state index is 12.2. The summed E-state index contributed by atoms with van der Waals surface area (Å²) < 4.78 is 0. The molecule has 0 radical (unpaired) electrons. The Balaban J connectivity index is 2.27. The van der Waals surface area contributed by atoms with Crippen LogP contribution in [0.25, 0.3) is 0 Å². The lowest BCUT2D eigenvalue weighted by Crippen LogP contribution is -2.11. The largest absolute Gasteiger partial charge is 0.505 e. The number of rotatable bonds is 4. The molecular formula is C15H15NO4S. The molecule has 0 spiro atoms. The molecule has 0 aliphatic carbocycles. The number of para-hydroxylation sites is 1. The maximum atomic E-state index is 12.2. The van der Waals surface area contributed by atoms with E-state index in [2.05, 4.69) is 5.32 Å². The first-order valence-electron chi connectivity index (χ1n) is 6.40. The van der Waals surface area contributed by atoms with Gasteiger partial charge in [0.1, 0.15) is 5.56 Å². The maximum Gasteiger partial charge on any atom is 0.339 e. The average Bonchev–Trinajstić information content (AvgIpc) is 2.82. The number of aryl methyl sites for hydroxylation is 2. The molecule has 21 heavy (non-hydrogen) atoms. The molecule has 1 heterocycles. The van der Waals surface area contributed by atoms with Gasteiger partial charge in [-0.1, -0.05) is 13.0 Å². The Hall–Kier alpha value is -2.34. The Bertz CT molecular complexity index is 706. The number of amides is 1. The van der Waals surface area contributed by atoms with Crippen molar-refractivity contribution >= 4 is 28.9 Å². The number of hydrogen-bond acceptors (Lipinski definition) is 4. The highest BCUT2D eigenvalue weighted by molar-refractivity contribution is 7.14. The normalized spacial score (nSPS) is 10.4. The zero-order chi connectivity index (χ0) is 15.6. The molecular weight excluding hydrogens is 290 g/mol. The molecule has 5 nitrogen and oxygen atoms in total. The van der Waals surface area contributed by atoms with Gasteiger partial charge in [0.2, 0.25) is 0 Å². The second kappa shape index (κ2) is 5.97. The minimum atomic E-state index is -1.25. The van der Waals surface area contributed by atoms with Gasteiger partial charge in [0, 0.05) is 4.88 Å². The van der Waals surface area contributed by atoms with Gasteiger partial charge in [-0.25, -0.2) is 4.79 Å². The number of benzene rings is 1. The lowest BCUT2D eigenvalue weighted by Gasteiger charge is -2.08. The van der Waals surface area contributed by atoms with E-state index in [1.165, 1.54) is 29.5 Å². The molecule has 2 rings (SSSR count). The van der Waals surface area contributed by atoms with Gasteiger partial charge in [-0.05, 0) is 37.1 Å². The van der Waals surface area contributed by atoms with Gasteiger partial charge < -0.3 is 15.5 Å². The summed E-state index contributed by atoms with van der Waals surface area (Å²) in [6.07, 6.45) is 0.843. The number of carbonyl (C=O) groups is 2. The van der Waals surface area contributed by atoms with Gasteiger partial charge in [-0.2, -0.15) is 0 Å². The first-order valence-corrected chi connectivity index (χ1v) is 7.21. The van der Waals surface area contributed by atoms with Crippen molar-refractivity contribution in [2.24, 2.45) is 0 Å². The molecule has 2 aromatic rings. The number of aromatic carboxylic acids is 1. The Morgan fingerprint density at radius 1 is 1.33 bits per heavy atom. The lowest BCUT2D eigenvalue weighted by atomic mass is 10.1. The minimum Gasteiger partial charge on any atom is -0.505 e. The van der Waals surface area contributed by atoms with E-state index in [0.29, 0.717) is 4.88 Å². The SMILES string of the molecule is CCc1cc(C(=O)Nc2cccc(C(=O)O)c2O)sc1C. The molecule has 3 N–H and O–H groups in total. The van der Waals surface area contributed by atoms with Crippen LogP contribution in [0.4, 0.5) is 5.69 Å². The Morgan fingerprint density at radius 2 is 2.05 bits per heavy atom. The monoisotopic (exact) mass is 305 g/mol. The highest BCUT2D eigenvalue weighted by Gasteiger charge is 2.17. The fraction of sp³-hybridized carbons (Fsp3) is 0.200. The zero-order valence-electron chi connectivity index (χ0n) is 11.6. The van der Waals surface area contributed by atoms with E-state index in [4.69, 9.17) is 5.11 Å². The predicted octanol–water partition coefficient (Wildman–Crippen LogP) is 3.28. The van der Waals surface area contributed by atoms with E-state index in [1.54, 1.807) is 0 Å². The van der Waals surface area contributed by atoms with Gasteiger partial charge in [0.25, 0.3) is 5.91 Å². The van der Waals surface area contributed by atoms with Crippen LogP contribution >= 0.6 is 11.3 Å². The van der Waals surface area contributed by atoms with E-state index >= 15 is 0 Å². The van der Waals surface area contributed by atoms with Gasteiger partial charge in [0.15, 0.2) is 5.75 Å². The van der Waals surface area contributed by atoms with E-state index in [1.807, 2.05) is 19.9 Å². The Labute approximate surface area is 125 Å². The summed E-state index contributed by atoms with van der Waals surface area (Å²) in [4.78, 5) is 24.7. The van der Waals surface area contributed by atoms with Crippen LogP contribution in [0.1, 0.15) is 37.4 Å². The van der Waals surface area contributed by atoms with Crippen LogP contribution in [0.3, 0.4) is 0 Å². The van der Waals surface area contributed by atoms with Crippen LogP contribution in [0.2, 0.25) is 0 Å². The number of carboxylic acids is 1. The molecule has 0 fully saturated rings. The zero-order valence-corrected chi connectivity index (χ0v) is 12.5. The van der Waals surface area contributed by atoms with Crippen LogP contribution in [-0.2, 0) is 6.42 Å². The van der Waals surface area contributed by atoms with Crippen molar-refractivity contribution in [3.8, 4) is 5.75 Å². The first kappa shape index (κ1) is 15.1. The van der Waals surface area contributed by atoms with Crippen molar-refractivity contribution in [2.75, 3.05) is 5.32 Å². The number of thiophene rings is 1. The first-order chi connectivity index (χ1) is 9.93. The Kier molecular flexibility index (Phi) is 4.28. The average molecular weight is 305 g/mol. The fourth-order valence-corrected chi connectivity index (χ4v) is 2.99. The molecule has 0 aliphatic heterocycles. The van der Waals surface area contributed by atoms with Crippen LogP contribution < -0.4 is 5.32 Å². The summed E-state index contributed by atoms with van der Waals surface area (Å²) in [6.45, 7) is 3.96. The van der Waals surface area contributed by atoms with Crippen molar-refractivity contribution < 1.29 is 19.8 Å². The number of hydrogen-bond donors (Lipinski definition) is 3. The van der Waals surface area contributed by atoms with Crippen molar-refractivity contribution in [1.82, 2.24) is 0 Å². The Morgan fingerprint density at radius 3 is 2.62 bits per heavy atom. The topological polar surface area (TPSA) is 86.6 Å². The molecule has 1 aromatic heterocycles. The third-order valence-electron chi connectivity index (χ3n) is 3.14. The lowest BCUT2D eigenvalue weighted by molar-refractivity contribution is 0.0693. The molecule has 110 valence electrons. The quantitative estimate of drug-likeness (QED) is 0.757. The van der Waals surface area contributed by atoms with Gasteiger partial charge in [0.05, 0.1) is 10.6 Å². The molecule has 0 bridgehead atoms. The molecule has 0 saturated heterocycles. The summed E-state index contributed by atoms with van der Waals surface area (Å²) >= 11 is 1.37. The second-order valence-corrected chi connectivity index (χ2v) is 5.76. The summed E-state index contributed by atoms with van der Waals surface area (Å²) in [5.41, 5.74) is 0.946. The summed E-state index contributed by atoms with van der Waals surface area (Å²) in [6, 6.07) is 6.02. The molecule has 0 unspecified atom stereocenters. The van der Waals surface area contributed by atoms with Crippen molar-refractivity contribution in [3.05, 3.63) is 45.1 Å². The number of aromatic hydroxyl groups is 1. The molecule has 0 aliphatic rings. The number of phenols is 1. The van der Waals surface area contributed by atoms with E-state index in [0.717, 1.165) is 16.9 Å². The summed E-state index contributed by atoms with van der Waals surface area (Å²) in [7, 11) is 0. The fourth-order valence-electron chi connectivity index (χ4n) is 1.98. The highest BCUT2D eigenvalue weighted by atomic mass is 32.1. The number of anilines is 1. The van der Waals surface area contributed by atoms with Crippen molar-refractivity contribution in [1.29, 1.82) is 0 Å². The van der Waals surface area contributed by atoms with Crippen LogP contribution in [0.5, 0.6) is 5.75 Å². The van der Waals surface area contributed by atoms with E-state index in [9.17, 15) is 14.7 Å². The second-order valence-electron chi connectivity index (χ2n) is 4.51. The third kappa shape index (κ3) is 3.05.